The van der Waals surface area contributed by atoms with Gasteiger partial charge in [-0.25, -0.2) is 0 Å². The van der Waals surface area contributed by atoms with Gasteiger partial charge in [0.25, 0.3) is 0 Å². The third-order valence-electron chi connectivity index (χ3n) is 2.11. The van der Waals surface area contributed by atoms with E-state index in [4.69, 9.17) is 4.74 Å². The first-order valence-electron chi connectivity index (χ1n) is 3.23. The smallest absolute Gasteiger partial charge is 0.0580 e. The van der Waals surface area contributed by atoms with Crippen LogP contribution in [0.25, 0.3) is 0 Å². The first-order valence-corrected chi connectivity index (χ1v) is 3.80. The van der Waals surface area contributed by atoms with Crippen LogP contribution in [0, 0.1) is 0 Å². The standard InChI is InChI=1S/C6H9OSi/c8-6-3-4-1-2-5(6)7-4/h4-6H,1-3H2. The summed E-state index contributed by atoms with van der Waals surface area (Å²) in [6, 6.07) is 0. The molecule has 0 aromatic heterocycles. The molecule has 0 aliphatic carbocycles. The van der Waals surface area contributed by atoms with E-state index in [1.54, 1.807) is 0 Å². The average Bonchev–Trinajstić information content (AvgIpc) is 2.23. The highest BCUT2D eigenvalue weighted by Gasteiger charge is 2.37. The molecule has 0 saturated carbocycles. The molecule has 3 unspecified atom stereocenters. The van der Waals surface area contributed by atoms with Gasteiger partial charge in [0.15, 0.2) is 0 Å². The second-order valence-corrected chi connectivity index (χ2v) is 3.46. The molecule has 2 rings (SSSR count). The Labute approximate surface area is 52.8 Å². The van der Waals surface area contributed by atoms with Gasteiger partial charge in [0.1, 0.15) is 0 Å². The molecular formula is C6H9OSi. The lowest BCUT2D eigenvalue weighted by Gasteiger charge is -2.10. The van der Waals surface area contributed by atoms with Gasteiger partial charge in [-0.3, -0.25) is 0 Å². The van der Waals surface area contributed by atoms with E-state index in [1.807, 2.05) is 0 Å². The highest BCUT2D eigenvalue weighted by molar-refractivity contribution is 6.12. The zero-order chi connectivity index (χ0) is 5.56. The van der Waals surface area contributed by atoms with Crippen LogP contribution in [0.4, 0.5) is 0 Å². The lowest BCUT2D eigenvalue weighted by atomic mass is 10.0. The number of hydrogen-bond donors (Lipinski definition) is 0. The second-order valence-electron chi connectivity index (χ2n) is 2.72. The normalized spacial score (nSPS) is 52.9. The van der Waals surface area contributed by atoms with E-state index in [0.29, 0.717) is 17.7 Å². The van der Waals surface area contributed by atoms with E-state index in [-0.39, 0.29) is 0 Å². The Balaban J connectivity index is 2.11. The summed E-state index contributed by atoms with van der Waals surface area (Å²) in [4.78, 5) is 0. The molecular weight excluding hydrogens is 116 g/mol. The molecule has 2 saturated heterocycles. The first kappa shape index (κ1) is 5.00. The molecule has 2 bridgehead atoms. The quantitative estimate of drug-likeness (QED) is 0.437. The van der Waals surface area contributed by atoms with Crippen LogP contribution in [0.2, 0.25) is 5.54 Å². The van der Waals surface area contributed by atoms with Crippen LogP contribution in [-0.4, -0.2) is 22.5 Å². The van der Waals surface area contributed by atoms with Gasteiger partial charge >= 0.3 is 0 Å². The zero-order valence-electron chi connectivity index (χ0n) is 4.76. The molecule has 2 aliphatic heterocycles. The molecule has 0 spiro atoms. The van der Waals surface area contributed by atoms with E-state index in [2.05, 4.69) is 10.2 Å². The van der Waals surface area contributed by atoms with Gasteiger partial charge in [0, 0.05) is 10.2 Å². The van der Waals surface area contributed by atoms with Crippen molar-refractivity contribution < 1.29 is 4.74 Å². The van der Waals surface area contributed by atoms with Crippen LogP contribution in [0.3, 0.4) is 0 Å². The van der Waals surface area contributed by atoms with Crippen molar-refractivity contribution in [3.63, 3.8) is 0 Å². The Bertz CT molecular complexity index is 103. The maximum Gasteiger partial charge on any atom is 0.0580 e. The van der Waals surface area contributed by atoms with Crippen LogP contribution in [-0.2, 0) is 4.74 Å². The second kappa shape index (κ2) is 1.58. The predicted molar refractivity (Wildman–Crippen MR) is 32.0 cm³/mol. The summed E-state index contributed by atoms with van der Waals surface area (Å²) in [5.41, 5.74) is 0.661. The van der Waals surface area contributed by atoms with Crippen molar-refractivity contribution in [3.05, 3.63) is 0 Å². The SMILES string of the molecule is [Si]C1CC2CCC1O2. The largest absolute Gasteiger partial charge is 0.375 e. The fourth-order valence-electron chi connectivity index (χ4n) is 1.64. The average molecular weight is 125 g/mol. The highest BCUT2D eigenvalue weighted by atomic mass is 28.1. The molecule has 0 amide bonds. The molecule has 0 aromatic carbocycles. The van der Waals surface area contributed by atoms with E-state index in [0.717, 1.165) is 0 Å². The Morgan fingerprint density at radius 3 is 2.50 bits per heavy atom. The number of hydrogen-bond acceptors (Lipinski definition) is 1. The molecule has 0 aromatic rings. The summed E-state index contributed by atoms with van der Waals surface area (Å²) in [6.45, 7) is 0. The minimum atomic E-state index is 0.552. The lowest BCUT2D eigenvalue weighted by Crippen LogP contribution is -2.09. The minimum Gasteiger partial charge on any atom is -0.375 e. The molecule has 3 radical (unpaired) electrons. The van der Waals surface area contributed by atoms with Gasteiger partial charge in [-0.15, -0.1) is 0 Å². The highest BCUT2D eigenvalue weighted by Crippen LogP contribution is 2.40. The van der Waals surface area contributed by atoms with E-state index in [9.17, 15) is 0 Å². The van der Waals surface area contributed by atoms with Crippen molar-refractivity contribution in [2.45, 2.75) is 37.0 Å². The third kappa shape index (κ3) is 0.561. The number of ether oxygens (including phenoxy) is 1. The van der Waals surface area contributed by atoms with E-state index >= 15 is 0 Å². The molecule has 8 heavy (non-hydrogen) atoms. The molecule has 2 fully saturated rings. The van der Waals surface area contributed by atoms with Gasteiger partial charge in [-0.2, -0.15) is 0 Å². The monoisotopic (exact) mass is 125 g/mol. The Kier molecular flexibility index (Phi) is 0.986. The third-order valence-corrected chi connectivity index (χ3v) is 2.71. The Hall–Kier alpha value is 0.177. The summed E-state index contributed by atoms with van der Waals surface area (Å²) in [7, 11) is 3.62. The van der Waals surface area contributed by atoms with Crippen LogP contribution in [0.15, 0.2) is 0 Å². The summed E-state index contributed by atoms with van der Waals surface area (Å²) in [5.74, 6) is 0. The summed E-state index contributed by atoms with van der Waals surface area (Å²) < 4.78 is 5.54. The molecule has 2 heteroatoms. The predicted octanol–water partition coefficient (Wildman–Crippen LogP) is 0.895. The Morgan fingerprint density at radius 2 is 2.25 bits per heavy atom. The summed E-state index contributed by atoms with van der Waals surface area (Å²) >= 11 is 0. The van der Waals surface area contributed by atoms with Gasteiger partial charge in [0.05, 0.1) is 12.2 Å². The van der Waals surface area contributed by atoms with E-state index < -0.39 is 0 Å². The van der Waals surface area contributed by atoms with Gasteiger partial charge < -0.3 is 4.74 Å². The molecule has 3 atom stereocenters. The topological polar surface area (TPSA) is 9.23 Å². The fourth-order valence-corrected chi connectivity index (χ4v) is 2.15. The van der Waals surface area contributed by atoms with Crippen molar-refractivity contribution in [2.75, 3.05) is 0 Å². The summed E-state index contributed by atoms with van der Waals surface area (Å²) in [5, 5.41) is 0. The molecule has 2 heterocycles. The Morgan fingerprint density at radius 1 is 1.38 bits per heavy atom. The van der Waals surface area contributed by atoms with Crippen molar-refractivity contribution in [2.24, 2.45) is 0 Å². The van der Waals surface area contributed by atoms with Crippen LogP contribution in [0.1, 0.15) is 19.3 Å². The van der Waals surface area contributed by atoms with Crippen molar-refractivity contribution in [1.29, 1.82) is 0 Å². The van der Waals surface area contributed by atoms with Gasteiger partial charge in [0.2, 0.25) is 0 Å². The molecule has 0 N–H and O–H groups in total. The lowest BCUT2D eigenvalue weighted by molar-refractivity contribution is 0.105. The van der Waals surface area contributed by atoms with Gasteiger partial charge in [-0.1, -0.05) is 0 Å². The molecule has 43 valence electrons. The van der Waals surface area contributed by atoms with Crippen molar-refractivity contribution in [1.82, 2.24) is 0 Å². The molecule has 1 nitrogen and oxygen atoms in total. The first-order chi connectivity index (χ1) is 3.86. The van der Waals surface area contributed by atoms with Crippen molar-refractivity contribution >= 4 is 10.2 Å². The van der Waals surface area contributed by atoms with Crippen LogP contribution in [0.5, 0.6) is 0 Å². The maximum absolute atomic E-state index is 5.54. The molecule has 2 aliphatic rings. The maximum atomic E-state index is 5.54. The van der Waals surface area contributed by atoms with Crippen molar-refractivity contribution in [3.8, 4) is 0 Å². The summed E-state index contributed by atoms with van der Waals surface area (Å²) in [6.07, 6.45) is 4.96. The van der Waals surface area contributed by atoms with Crippen LogP contribution >= 0.6 is 0 Å². The van der Waals surface area contributed by atoms with E-state index in [1.165, 1.54) is 19.3 Å². The van der Waals surface area contributed by atoms with Crippen LogP contribution < -0.4 is 0 Å². The van der Waals surface area contributed by atoms with Gasteiger partial charge in [-0.05, 0) is 24.8 Å². The number of fused-ring (bicyclic) bond motifs is 2. The zero-order valence-corrected chi connectivity index (χ0v) is 5.76. The fraction of sp³-hybridized carbons (Fsp3) is 1.00. The minimum absolute atomic E-state index is 0.552. The number of rotatable bonds is 0.